The molecule has 0 aliphatic carbocycles. The predicted octanol–water partition coefficient (Wildman–Crippen LogP) is 1.93. The van der Waals surface area contributed by atoms with Crippen molar-refractivity contribution < 1.29 is 4.79 Å². The number of nitrogens with one attached hydrogen (secondary N) is 2. The van der Waals surface area contributed by atoms with Gasteiger partial charge in [-0.05, 0) is 45.7 Å². The van der Waals surface area contributed by atoms with Gasteiger partial charge in [0.05, 0.1) is 0 Å². The van der Waals surface area contributed by atoms with Crippen molar-refractivity contribution in [3.63, 3.8) is 0 Å². The standard InChI is InChI=1S/C13H26N2O/c1-5-10(2)13(3,4)15-12(16)11-6-8-14-9-7-11/h10-11,14H,5-9H2,1-4H3,(H,15,16). The summed E-state index contributed by atoms with van der Waals surface area (Å²) in [4.78, 5) is 12.1. The Kier molecular flexibility index (Phi) is 4.78. The lowest BCUT2D eigenvalue weighted by Gasteiger charge is -2.34. The summed E-state index contributed by atoms with van der Waals surface area (Å²) in [6, 6.07) is 0. The van der Waals surface area contributed by atoms with E-state index in [0.717, 1.165) is 32.4 Å². The van der Waals surface area contributed by atoms with Crippen LogP contribution in [0.1, 0.15) is 47.0 Å². The second kappa shape index (κ2) is 5.67. The first-order valence-corrected chi connectivity index (χ1v) is 6.50. The van der Waals surface area contributed by atoms with Crippen LogP contribution in [-0.2, 0) is 4.79 Å². The molecule has 0 aromatic carbocycles. The SMILES string of the molecule is CCC(C)C(C)(C)NC(=O)C1CCNCC1. The minimum Gasteiger partial charge on any atom is -0.351 e. The highest BCUT2D eigenvalue weighted by Gasteiger charge is 2.30. The summed E-state index contributed by atoms with van der Waals surface area (Å²) in [6.45, 7) is 10.6. The average Bonchev–Trinajstić information content (AvgIpc) is 2.28. The van der Waals surface area contributed by atoms with Crippen LogP contribution >= 0.6 is 0 Å². The van der Waals surface area contributed by atoms with Crippen LogP contribution in [0.15, 0.2) is 0 Å². The van der Waals surface area contributed by atoms with Crippen molar-refractivity contribution in [2.45, 2.75) is 52.5 Å². The highest BCUT2D eigenvalue weighted by atomic mass is 16.2. The maximum absolute atomic E-state index is 12.1. The fourth-order valence-electron chi connectivity index (χ4n) is 2.14. The molecule has 2 N–H and O–H groups in total. The lowest BCUT2D eigenvalue weighted by Crippen LogP contribution is -2.51. The highest BCUT2D eigenvalue weighted by Crippen LogP contribution is 2.21. The van der Waals surface area contributed by atoms with Crippen molar-refractivity contribution in [3.05, 3.63) is 0 Å². The zero-order chi connectivity index (χ0) is 12.2. The van der Waals surface area contributed by atoms with Gasteiger partial charge in [-0.25, -0.2) is 0 Å². The number of amides is 1. The van der Waals surface area contributed by atoms with Crippen LogP contribution in [0.2, 0.25) is 0 Å². The van der Waals surface area contributed by atoms with E-state index in [-0.39, 0.29) is 17.4 Å². The van der Waals surface area contributed by atoms with Crippen molar-refractivity contribution in [1.29, 1.82) is 0 Å². The van der Waals surface area contributed by atoms with E-state index in [0.29, 0.717) is 5.92 Å². The number of hydrogen-bond donors (Lipinski definition) is 2. The molecular formula is C13H26N2O. The fraction of sp³-hybridized carbons (Fsp3) is 0.923. The van der Waals surface area contributed by atoms with Gasteiger partial charge in [-0.3, -0.25) is 4.79 Å². The quantitative estimate of drug-likeness (QED) is 0.769. The van der Waals surface area contributed by atoms with Crippen LogP contribution in [0.4, 0.5) is 0 Å². The van der Waals surface area contributed by atoms with Crippen LogP contribution in [0.3, 0.4) is 0 Å². The number of carbonyl (C=O) groups excluding carboxylic acids is 1. The van der Waals surface area contributed by atoms with E-state index in [2.05, 4.69) is 38.3 Å². The maximum Gasteiger partial charge on any atom is 0.223 e. The van der Waals surface area contributed by atoms with E-state index in [1.807, 2.05) is 0 Å². The molecular weight excluding hydrogens is 200 g/mol. The van der Waals surface area contributed by atoms with Crippen LogP contribution in [0.25, 0.3) is 0 Å². The molecule has 1 amide bonds. The Hall–Kier alpha value is -0.570. The molecule has 3 nitrogen and oxygen atoms in total. The molecule has 3 heteroatoms. The van der Waals surface area contributed by atoms with Gasteiger partial charge in [0.2, 0.25) is 5.91 Å². The molecule has 0 aromatic rings. The highest BCUT2D eigenvalue weighted by molar-refractivity contribution is 5.79. The van der Waals surface area contributed by atoms with Gasteiger partial charge in [0.25, 0.3) is 0 Å². The van der Waals surface area contributed by atoms with Crippen molar-refractivity contribution in [1.82, 2.24) is 10.6 Å². The maximum atomic E-state index is 12.1. The summed E-state index contributed by atoms with van der Waals surface area (Å²) in [7, 11) is 0. The minimum atomic E-state index is -0.0866. The van der Waals surface area contributed by atoms with E-state index >= 15 is 0 Å². The Morgan fingerprint density at radius 1 is 1.44 bits per heavy atom. The van der Waals surface area contributed by atoms with Crippen molar-refractivity contribution in [3.8, 4) is 0 Å². The van der Waals surface area contributed by atoms with Crippen molar-refractivity contribution >= 4 is 5.91 Å². The third kappa shape index (κ3) is 3.48. The van der Waals surface area contributed by atoms with Crippen LogP contribution in [0, 0.1) is 11.8 Å². The summed E-state index contributed by atoms with van der Waals surface area (Å²) in [5.41, 5.74) is -0.0866. The van der Waals surface area contributed by atoms with Gasteiger partial charge < -0.3 is 10.6 Å². The van der Waals surface area contributed by atoms with Crippen molar-refractivity contribution in [2.75, 3.05) is 13.1 Å². The molecule has 16 heavy (non-hydrogen) atoms. The monoisotopic (exact) mass is 226 g/mol. The second-order valence-corrected chi connectivity index (χ2v) is 5.54. The normalized spacial score (nSPS) is 20.5. The molecule has 1 rings (SSSR count). The summed E-state index contributed by atoms with van der Waals surface area (Å²) in [5, 5.41) is 6.50. The molecule has 0 radical (unpaired) electrons. The van der Waals surface area contributed by atoms with Gasteiger partial charge in [0, 0.05) is 11.5 Å². The van der Waals surface area contributed by atoms with Crippen LogP contribution < -0.4 is 10.6 Å². The van der Waals surface area contributed by atoms with Gasteiger partial charge in [0.15, 0.2) is 0 Å². The predicted molar refractivity (Wildman–Crippen MR) is 67.3 cm³/mol. The van der Waals surface area contributed by atoms with Gasteiger partial charge in [-0.1, -0.05) is 20.3 Å². The first-order chi connectivity index (χ1) is 7.47. The van der Waals surface area contributed by atoms with Crippen molar-refractivity contribution in [2.24, 2.45) is 11.8 Å². The molecule has 1 atom stereocenters. The molecule has 1 saturated heterocycles. The fourth-order valence-corrected chi connectivity index (χ4v) is 2.14. The topological polar surface area (TPSA) is 41.1 Å². The minimum absolute atomic E-state index is 0.0866. The number of hydrogen-bond acceptors (Lipinski definition) is 2. The zero-order valence-electron chi connectivity index (χ0n) is 11.1. The smallest absolute Gasteiger partial charge is 0.223 e. The average molecular weight is 226 g/mol. The molecule has 0 saturated carbocycles. The van der Waals surface area contributed by atoms with Gasteiger partial charge in [0.1, 0.15) is 0 Å². The molecule has 94 valence electrons. The van der Waals surface area contributed by atoms with Crippen LogP contribution in [-0.4, -0.2) is 24.5 Å². The summed E-state index contributed by atoms with van der Waals surface area (Å²) < 4.78 is 0. The second-order valence-electron chi connectivity index (χ2n) is 5.54. The third-order valence-corrected chi connectivity index (χ3v) is 4.00. The number of carbonyl (C=O) groups is 1. The van der Waals surface area contributed by atoms with Gasteiger partial charge in [-0.2, -0.15) is 0 Å². The van der Waals surface area contributed by atoms with Gasteiger partial charge in [-0.15, -0.1) is 0 Å². The lowest BCUT2D eigenvalue weighted by molar-refractivity contribution is -0.128. The molecule has 0 spiro atoms. The molecule has 0 bridgehead atoms. The molecule has 1 aliphatic rings. The summed E-state index contributed by atoms with van der Waals surface area (Å²) >= 11 is 0. The molecule has 1 heterocycles. The van der Waals surface area contributed by atoms with Gasteiger partial charge >= 0.3 is 0 Å². The summed E-state index contributed by atoms with van der Waals surface area (Å²) in [5.74, 6) is 0.967. The van der Waals surface area contributed by atoms with E-state index in [9.17, 15) is 4.79 Å². The number of rotatable bonds is 4. The van der Waals surface area contributed by atoms with E-state index < -0.39 is 0 Å². The largest absolute Gasteiger partial charge is 0.351 e. The lowest BCUT2D eigenvalue weighted by atomic mass is 9.85. The number of piperidine rings is 1. The molecule has 1 fully saturated rings. The Balaban J connectivity index is 2.48. The molecule has 1 aliphatic heterocycles. The molecule has 1 unspecified atom stereocenters. The first-order valence-electron chi connectivity index (χ1n) is 6.50. The van der Waals surface area contributed by atoms with E-state index in [1.54, 1.807) is 0 Å². The zero-order valence-corrected chi connectivity index (χ0v) is 11.1. The Morgan fingerprint density at radius 3 is 2.50 bits per heavy atom. The summed E-state index contributed by atoms with van der Waals surface area (Å²) in [6.07, 6.45) is 3.05. The van der Waals surface area contributed by atoms with E-state index in [4.69, 9.17) is 0 Å². The molecule has 0 aromatic heterocycles. The third-order valence-electron chi connectivity index (χ3n) is 4.00. The first kappa shape index (κ1) is 13.5. The Morgan fingerprint density at radius 2 is 2.00 bits per heavy atom. The van der Waals surface area contributed by atoms with E-state index in [1.165, 1.54) is 0 Å². The Labute approximate surface area is 99.4 Å². The van der Waals surface area contributed by atoms with Crippen LogP contribution in [0.5, 0.6) is 0 Å². The Bertz CT molecular complexity index is 232.